The Balaban J connectivity index is 2.51. The summed E-state index contributed by atoms with van der Waals surface area (Å²) >= 11 is 0. The number of carbonyl (C=O) groups is 1. The molecule has 0 aliphatic heterocycles. The minimum Gasteiger partial charge on any atom is -0.473 e. The number of rotatable bonds is 5. The summed E-state index contributed by atoms with van der Waals surface area (Å²) in [6.45, 7) is 6.00. The minimum atomic E-state index is -0.442. The van der Waals surface area contributed by atoms with E-state index in [0.717, 1.165) is 10.8 Å². The van der Waals surface area contributed by atoms with Gasteiger partial charge in [0.15, 0.2) is 5.69 Å². The molecule has 1 aromatic carbocycles. The Bertz CT molecular complexity index is 607. The number of ether oxygens (including phenoxy) is 2. The summed E-state index contributed by atoms with van der Waals surface area (Å²) in [4.78, 5) is 16.1. The third-order valence-electron chi connectivity index (χ3n) is 2.53. The molecule has 4 nitrogen and oxygen atoms in total. The van der Waals surface area contributed by atoms with Gasteiger partial charge in [-0.05, 0) is 12.3 Å². The minimum absolute atomic E-state index is 0.277. The number of benzene rings is 1. The second kappa shape index (κ2) is 6.00. The van der Waals surface area contributed by atoms with Crippen LogP contribution in [-0.4, -0.2) is 24.2 Å². The zero-order valence-electron chi connectivity index (χ0n) is 10.8. The van der Waals surface area contributed by atoms with Crippen molar-refractivity contribution in [2.75, 3.05) is 13.2 Å². The van der Waals surface area contributed by atoms with E-state index in [1.54, 1.807) is 19.1 Å². The lowest BCUT2D eigenvalue weighted by Gasteiger charge is -2.09. The van der Waals surface area contributed by atoms with Crippen molar-refractivity contribution in [3.8, 4) is 5.88 Å². The van der Waals surface area contributed by atoms with E-state index in [1.165, 1.54) is 0 Å². The van der Waals surface area contributed by atoms with Crippen molar-refractivity contribution in [2.45, 2.75) is 6.92 Å². The van der Waals surface area contributed by atoms with E-state index >= 15 is 0 Å². The predicted octanol–water partition coefficient (Wildman–Crippen LogP) is 2.98. The van der Waals surface area contributed by atoms with E-state index < -0.39 is 5.97 Å². The standard InChI is InChI=1S/C15H15NO3/c1-3-9-19-13-10-11-7-5-6-8-12(11)14(16-13)15(17)18-4-2/h3,5-8,10H,1,4,9H2,2H3. The van der Waals surface area contributed by atoms with Gasteiger partial charge >= 0.3 is 5.97 Å². The Kier molecular flexibility index (Phi) is 4.13. The summed E-state index contributed by atoms with van der Waals surface area (Å²) in [5.41, 5.74) is 0.277. The molecule has 0 atom stereocenters. The summed E-state index contributed by atoms with van der Waals surface area (Å²) in [5.74, 6) is -0.0515. The lowest BCUT2D eigenvalue weighted by atomic mass is 10.1. The average molecular weight is 257 g/mol. The molecule has 0 fully saturated rings. The number of esters is 1. The Morgan fingerprint density at radius 1 is 1.42 bits per heavy atom. The van der Waals surface area contributed by atoms with Gasteiger partial charge in [0.25, 0.3) is 0 Å². The summed E-state index contributed by atoms with van der Waals surface area (Å²) < 4.78 is 10.4. The van der Waals surface area contributed by atoms with Gasteiger partial charge in [-0.15, -0.1) is 0 Å². The number of carbonyl (C=O) groups excluding carboxylic acids is 1. The molecule has 0 amide bonds. The second-order valence-corrected chi connectivity index (χ2v) is 3.85. The number of fused-ring (bicyclic) bond motifs is 1. The third-order valence-corrected chi connectivity index (χ3v) is 2.53. The highest BCUT2D eigenvalue weighted by Gasteiger charge is 2.15. The van der Waals surface area contributed by atoms with Gasteiger partial charge < -0.3 is 9.47 Å². The van der Waals surface area contributed by atoms with E-state index in [-0.39, 0.29) is 5.69 Å². The topological polar surface area (TPSA) is 48.4 Å². The van der Waals surface area contributed by atoms with Gasteiger partial charge in [0.1, 0.15) is 6.61 Å². The fourth-order valence-electron chi connectivity index (χ4n) is 1.75. The normalized spacial score (nSPS) is 10.2. The Hall–Kier alpha value is -2.36. The first-order valence-electron chi connectivity index (χ1n) is 6.07. The van der Waals surface area contributed by atoms with Crippen molar-refractivity contribution < 1.29 is 14.3 Å². The molecule has 0 aliphatic carbocycles. The third kappa shape index (κ3) is 2.91. The first-order chi connectivity index (χ1) is 9.26. The molecule has 1 aromatic heterocycles. The molecule has 2 rings (SSSR count). The smallest absolute Gasteiger partial charge is 0.357 e. The zero-order valence-corrected chi connectivity index (χ0v) is 10.8. The summed E-state index contributed by atoms with van der Waals surface area (Å²) in [7, 11) is 0. The van der Waals surface area contributed by atoms with Gasteiger partial charge in [0, 0.05) is 11.5 Å². The number of nitrogens with zero attached hydrogens (tertiary/aromatic N) is 1. The highest BCUT2D eigenvalue weighted by atomic mass is 16.5. The largest absolute Gasteiger partial charge is 0.473 e. The zero-order chi connectivity index (χ0) is 13.7. The van der Waals surface area contributed by atoms with Crippen molar-refractivity contribution in [2.24, 2.45) is 0 Å². The molecule has 0 N–H and O–H groups in total. The Morgan fingerprint density at radius 2 is 2.21 bits per heavy atom. The number of aromatic nitrogens is 1. The van der Waals surface area contributed by atoms with Crippen LogP contribution in [-0.2, 0) is 4.74 Å². The SMILES string of the molecule is C=CCOc1cc2ccccc2c(C(=O)OCC)n1. The van der Waals surface area contributed by atoms with E-state index in [0.29, 0.717) is 19.1 Å². The molecule has 98 valence electrons. The van der Waals surface area contributed by atoms with Gasteiger partial charge in [-0.2, -0.15) is 0 Å². The van der Waals surface area contributed by atoms with E-state index in [1.807, 2.05) is 24.3 Å². The maximum atomic E-state index is 11.9. The van der Waals surface area contributed by atoms with Gasteiger partial charge in [-0.25, -0.2) is 9.78 Å². The molecular weight excluding hydrogens is 242 g/mol. The van der Waals surface area contributed by atoms with Crippen molar-refractivity contribution in [3.05, 3.63) is 48.7 Å². The van der Waals surface area contributed by atoms with E-state index in [9.17, 15) is 4.79 Å². The number of hydrogen-bond acceptors (Lipinski definition) is 4. The van der Waals surface area contributed by atoms with Crippen LogP contribution in [0.1, 0.15) is 17.4 Å². The number of pyridine rings is 1. The van der Waals surface area contributed by atoms with Crippen LogP contribution in [0, 0.1) is 0 Å². The van der Waals surface area contributed by atoms with Crippen LogP contribution >= 0.6 is 0 Å². The van der Waals surface area contributed by atoms with Gasteiger partial charge in [0.2, 0.25) is 5.88 Å². The van der Waals surface area contributed by atoms with Gasteiger partial charge in [-0.3, -0.25) is 0 Å². The van der Waals surface area contributed by atoms with Crippen LogP contribution in [0.15, 0.2) is 43.0 Å². The lowest BCUT2D eigenvalue weighted by molar-refractivity contribution is 0.0521. The molecule has 1 heterocycles. The monoisotopic (exact) mass is 257 g/mol. The maximum absolute atomic E-state index is 11.9. The highest BCUT2D eigenvalue weighted by molar-refractivity contribution is 6.03. The van der Waals surface area contributed by atoms with Crippen LogP contribution in [0.4, 0.5) is 0 Å². The molecule has 0 spiro atoms. The molecule has 19 heavy (non-hydrogen) atoms. The van der Waals surface area contributed by atoms with Gasteiger partial charge in [-0.1, -0.05) is 36.9 Å². The molecule has 0 bridgehead atoms. The van der Waals surface area contributed by atoms with Crippen LogP contribution in [0.2, 0.25) is 0 Å². The van der Waals surface area contributed by atoms with E-state index in [2.05, 4.69) is 11.6 Å². The fourth-order valence-corrected chi connectivity index (χ4v) is 1.75. The average Bonchev–Trinajstić information content (AvgIpc) is 2.44. The van der Waals surface area contributed by atoms with Gasteiger partial charge in [0.05, 0.1) is 6.61 Å². The molecule has 0 saturated carbocycles. The van der Waals surface area contributed by atoms with Crippen LogP contribution in [0.25, 0.3) is 10.8 Å². The molecule has 0 radical (unpaired) electrons. The molecule has 0 unspecified atom stereocenters. The van der Waals surface area contributed by atoms with Crippen molar-refractivity contribution in [1.29, 1.82) is 0 Å². The van der Waals surface area contributed by atoms with E-state index in [4.69, 9.17) is 9.47 Å². The molecule has 2 aromatic rings. The summed E-state index contributed by atoms with van der Waals surface area (Å²) in [5, 5.41) is 1.64. The van der Waals surface area contributed by atoms with Crippen molar-refractivity contribution >= 4 is 16.7 Å². The van der Waals surface area contributed by atoms with Crippen LogP contribution in [0.3, 0.4) is 0 Å². The Morgan fingerprint density at radius 3 is 2.95 bits per heavy atom. The first kappa shape index (κ1) is 13.1. The summed E-state index contributed by atoms with van der Waals surface area (Å²) in [6.07, 6.45) is 1.63. The lowest BCUT2D eigenvalue weighted by Crippen LogP contribution is -2.09. The molecule has 0 aliphatic rings. The van der Waals surface area contributed by atoms with Crippen LogP contribution in [0.5, 0.6) is 5.88 Å². The Labute approximate surface area is 111 Å². The van der Waals surface area contributed by atoms with Crippen molar-refractivity contribution in [3.63, 3.8) is 0 Å². The predicted molar refractivity (Wildman–Crippen MR) is 73.4 cm³/mol. The van der Waals surface area contributed by atoms with Crippen molar-refractivity contribution in [1.82, 2.24) is 4.98 Å². The number of hydrogen-bond donors (Lipinski definition) is 0. The van der Waals surface area contributed by atoms with Crippen LogP contribution < -0.4 is 4.74 Å². The molecular formula is C15H15NO3. The molecule has 0 saturated heterocycles. The summed E-state index contributed by atoms with van der Waals surface area (Å²) in [6, 6.07) is 9.29. The fraction of sp³-hybridized carbons (Fsp3) is 0.200. The quantitative estimate of drug-likeness (QED) is 0.610. The first-order valence-corrected chi connectivity index (χ1v) is 6.07. The second-order valence-electron chi connectivity index (χ2n) is 3.85. The highest BCUT2D eigenvalue weighted by Crippen LogP contribution is 2.22. The molecule has 4 heteroatoms. The maximum Gasteiger partial charge on any atom is 0.357 e.